The number of aromatic hydroxyl groups is 1. The highest BCUT2D eigenvalue weighted by atomic mass is 32.2. The number of anilines is 1. The van der Waals surface area contributed by atoms with Gasteiger partial charge in [0.1, 0.15) is 11.7 Å². The highest BCUT2D eigenvalue weighted by Crippen LogP contribution is 2.25. The van der Waals surface area contributed by atoms with Crippen molar-refractivity contribution in [3.63, 3.8) is 0 Å². The summed E-state index contributed by atoms with van der Waals surface area (Å²) in [5, 5.41) is 28.4. The Morgan fingerprint density at radius 3 is 2.55 bits per heavy atom. The van der Waals surface area contributed by atoms with Crippen LogP contribution < -0.4 is 21.8 Å². The second-order valence-electron chi connectivity index (χ2n) is 10.4. The van der Waals surface area contributed by atoms with E-state index < -0.39 is 81.0 Å². The van der Waals surface area contributed by atoms with Crippen molar-refractivity contribution in [3.8, 4) is 5.75 Å². The van der Waals surface area contributed by atoms with Crippen LogP contribution in [0.15, 0.2) is 27.6 Å². The molecule has 4 heterocycles. The van der Waals surface area contributed by atoms with Crippen molar-refractivity contribution in [1.82, 2.24) is 29.8 Å². The van der Waals surface area contributed by atoms with Gasteiger partial charge in [-0.1, -0.05) is 5.16 Å². The standard InChI is InChI=1S/C23H28N8O11S2/c1-23(2,21(37)38)42-29-16(12-9-43-22(24)27-12)19(35)28-17-13(31(20(17)36)44(39,40)41)4-26-18(34)10-6-30(7-10)8-11-3-14(32)15(33)5-25-11/h3,5,9-10,13,17,33H,4,6-8H2,1-2H3,(H2,24,27)(H,25,32)(H,26,34)(H,28,35)(H,37,38)(H,39,40,41)/t13-,17-/m0/s1. The predicted octanol–water partition coefficient (Wildman–Crippen LogP) is -2.55. The van der Waals surface area contributed by atoms with Gasteiger partial charge in [0.05, 0.1) is 12.0 Å². The molecule has 2 aliphatic rings. The normalized spacial score (nSPS) is 19.6. The second-order valence-corrected chi connectivity index (χ2v) is 12.6. The molecule has 0 bridgehead atoms. The maximum atomic E-state index is 13.2. The summed E-state index contributed by atoms with van der Waals surface area (Å²) in [6.45, 7) is 2.71. The monoisotopic (exact) mass is 656 g/mol. The van der Waals surface area contributed by atoms with E-state index in [1.165, 1.54) is 11.4 Å². The number of nitrogens with two attached hydrogens (primary N) is 1. The predicted molar refractivity (Wildman–Crippen MR) is 150 cm³/mol. The number of carboxylic acid groups (broad SMARTS) is 1. The Morgan fingerprint density at radius 2 is 1.98 bits per heavy atom. The van der Waals surface area contributed by atoms with E-state index in [9.17, 15) is 47.2 Å². The highest BCUT2D eigenvalue weighted by molar-refractivity contribution is 7.84. The minimum atomic E-state index is -5.07. The summed E-state index contributed by atoms with van der Waals surface area (Å²) >= 11 is 0.926. The molecule has 2 aromatic heterocycles. The number of carbonyl (C=O) groups excluding carboxylic acids is 3. The van der Waals surface area contributed by atoms with Crippen molar-refractivity contribution < 1.29 is 47.2 Å². The number of oxime groups is 1. The number of likely N-dealkylation sites (tertiary alicyclic amines) is 1. The number of hydrogen-bond acceptors (Lipinski definition) is 14. The molecule has 2 saturated heterocycles. The van der Waals surface area contributed by atoms with Gasteiger partial charge in [0.15, 0.2) is 16.6 Å². The second kappa shape index (κ2) is 12.2. The molecule has 2 atom stereocenters. The van der Waals surface area contributed by atoms with Gasteiger partial charge in [-0.05, 0) is 13.8 Å². The summed E-state index contributed by atoms with van der Waals surface area (Å²) in [5.74, 6) is -5.17. The zero-order valence-electron chi connectivity index (χ0n) is 23.1. The van der Waals surface area contributed by atoms with Crippen molar-refractivity contribution >= 4 is 56.2 Å². The highest BCUT2D eigenvalue weighted by Gasteiger charge is 2.54. The smallest absolute Gasteiger partial charge is 0.362 e. The number of thiazole rings is 1. The van der Waals surface area contributed by atoms with Crippen LogP contribution in [0.3, 0.4) is 0 Å². The number of aromatic nitrogens is 2. The van der Waals surface area contributed by atoms with Gasteiger partial charge in [-0.3, -0.25) is 28.6 Å². The first-order chi connectivity index (χ1) is 20.5. The van der Waals surface area contributed by atoms with E-state index >= 15 is 0 Å². The number of rotatable bonds is 12. The molecule has 2 aromatic rings. The molecule has 21 heteroatoms. The zero-order chi connectivity index (χ0) is 32.6. The Balaban J connectivity index is 1.42. The number of carbonyl (C=O) groups is 4. The molecule has 0 spiro atoms. The molecule has 44 heavy (non-hydrogen) atoms. The van der Waals surface area contributed by atoms with Gasteiger partial charge in [0.25, 0.3) is 11.8 Å². The van der Waals surface area contributed by atoms with Gasteiger partial charge in [0, 0.05) is 49.5 Å². The fourth-order valence-corrected chi connectivity index (χ4v) is 5.65. The van der Waals surface area contributed by atoms with Crippen LogP contribution in [0.5, 0.6) is 5.75 Å². The van der Waals surface area contributed by atoms with Gasteiger partial charge in [-0.25, -0.2) is 14.1 Å². The Morgan fingerprint density at radius 1 is 1.30 bits per heavy atom. The van der Waals surface area contributed by atoms with Gasteiger partial charge in [0.2, 0.25) is 16.9 Å². The van der Waals surface area contributed by atoms with Crippen molar-refractivity contribution in [1.29, 1.82) is 0 Å². The molecular weight excluding hydrogens is 628 g/mol. The van der Waals surface area contributed by atoms with Crippen LogP contribution in [0.2, 0.25) is 0 Å². The molecule has 0 aromatic carbocycles. The van der Waals surface area contributed by atoms with Crippen LogP contribution in [-0.2, 0) is 40.9 Å². The molecule has 0 radical (unpaired) electrons. The lowest BCUT2D eigenvalue weighted by Crippen LogP contribution is -2.74. The van der Waals surface area contributed by atoms with Crippen LogP contribution >= 0.6 is 11.3 Å². The van der Waals surface area contributed by atoms with E-state index in [2.05, 4.69) is 25.8 Å². The first-order valence-electron chi connectivity index (χ1n) is 12.7. The zero-order valence-corrected chi connectivity index (χ0v) is 24.7. The maximum Gasteiger partial charge on any atom is 0.362 e. The summed E-state index contributed by atoms with van der Waals surface area (Å²) in [5.41, 5.74) is 3.02. The van der Waals surface area contributed by atoms with Crippen molar-refractivity contribution in [2.24, 2.45) is 11.1 Å². The molecule has 0 aliphatic carbocycles. The molecule has 8 N–H and O–H groups in total. The lowest BCUT2D eigenvalue weighted by molar-refractivity contribution is -0.161. The summed E-state index contributed by atoms with van der Waals surface area (Å²) < 4.78 is 33.4. The summed E-state index contributed by atoms with van der Waals surface area (Å²) in [7, 11) is -5.07. The number of amides is 3. The molecule has 2 aliphatic heterocycles. The van der Waals surface area contributed by atoms with E-state index in [1.54, 1.807) is 0 Å². The number of nitrogens with one attached hydrogen (secondary N) is 3. The van der Waals surface area contributed by atoms with Crippen LogP contribution in [0.4, 0.5) is 5.13 Å². The van der Waals surface area contributed by atoms with Gasteiger partial charge in [-0.2, -0.15) is 8.42 Å². The van der Waals surface area contributed by atoms with E-state index in [0.717, 1.165) is 31.4 Å². The van der Waals surface area contributed by atoms with E-state index in [-0.39, 0.29) is 28.2 Å². The number of carboxylic acids is 1. The fourth-order valence-electron chi connectivity index (χ4n) is 4.22. The van der Waals surface area contributed by atoms with Crippen molar-refractivity contribution in [2.75, 3.05) is 25.4 Å². The molecule has 238 valence electrons. The van der Waals surface area contributed by atoms with Gasteiger partial charge >= 0.3 is 16.3 Å². The molecule has 2 fully saturated rings. The van der Waals surface area contributed by atoms with Crippen molar-refractivity contribution in [2.45, 2.75) is 38.1 Å². The first kappa shape index (κ1) is 32.3. The minimum absolute atomic E-state index is 0.0294. The van der Waals surface area contributed by atoms with E-state index in [0.29, 0.717) is 12.2 Å². The van der Waals surface area contributed by atoms with E-state index in [4.69, 9.17) is 10.6 Å². The Bertz CT molecular complexity index is 1680. The number of pyridine rings is 1. The molecule has 4 rings (SSSR count). The SMILES string of the molecule is CC(C)(ON=C(C(=O)N[C@@H]1C(=O)N(S(=O)(=O)O)[C@H]1CNC(=O)C1CN(Cc2cc(=O)c(O)c[nH]2)C1)c1csc(N)n1)C(=O)O. The minimum Gasteiger partial charge on any atom is -0.503 e. The summed E-state index contributed by atoms with van der Waals surface area (Å²) in [6.07, 6.45) is 1.16. The van der Waals surface area contributed by atoms with E-state index in [1.807, 2.05) is 4.90 Å². The Kier molecular flexibility index (Phi) is 8.95. The quantitative estimate of drug-likeness (QED) is 0.0536. The lowest BCUT2D eigenvalue weighted by Gasteiger charge is -2.44. The molecule has 3 amide bonds. The third kappa shape index (κ3) is 6.96. The fraction of sp³-hybridized carbons (Fsp3) is 0.435. The third-order valence-electron chi connectivity index (χ3n) is 6.72. The first-order valence-corrected chi connectivity index (χ1v) is 15.0. The molecule has 0 unspecified atom stereocenters. The van der Waals surface area contributed by atoms with Gasteiger partial charge < -0.3 is 36.4 Å². The van der Waals surface area contributed by atoms with Crippen LogP contribution in [-0.4, -0.2) is 109 Å². The third-order valence-corrected chi connectivity index (χ3v) is 8.35. The topological polar surface area (TPSA) is 287 Å². The maximum absolute atomic E-state index is 13.2. The molecule has 0 saturated carbocycles. The average Bonchev–Trinajstić information content (AvgIpc) is 3.33. The molecule has 19 nitrogen and oxygen atoms in total. The van der Waals surface area contributed by atoms with Crippen molar-refractivity contribution in [3.05, 3.63) is 39.3 Å². The number of hydrogen-bond donors (Lipinski definition) is 7. The summed E-state index contributed by atoms with van der Waals surface area (Å²) in [6, 6.07) is -1.75. The van der Waals surface area contributed by atoms with Crippen LogP contribution in [0, 0.1) is 5.92 Å². The number of aromatic amines is 1. The number of β-lactam (4-membered cyclic amide) rings is 1. The number of nitrogens with zero attached hydrogens (tertiary/aromatic N) is 4. The lowest BCUT2D eigenvalue weighted by atomic mass is 9.96. The Labute approximate surface area is 252 Å². The average molecular weight is 657 g/mol. The number of H-pyrrole nitrogens is 1. The number of aliphatic carboxylic acids is 1. The largest absolute Gasteiger partial charge is 0.503 e. The molecular formula is C23H28N8O11S2. The van der Waals surface area contributed by atoms with Crippen LogP contribution in [0.1, 0.15) is 25.2 Å². The Hall–Kier alpha value is -4.60. The summed E-state index contributed by atoms with van der Waals surface area (Å²) in [4.78, 5) is 75.1. The van der Waals surface area contributed by atoms with Crippen LogP contribution in [0.25, 0.3) is 0 Å². The number of nitrogen functional groups attached to an aromatic ring is 1. The van der Waals surface area contributed by atoms with Gasteiger partial charge in [-0.15, -0.1) is 11.3 Å².